The second-order valence-corrected chi connectivity index (χ2v) is 4.97. The molecule has 21 heavy (non-hydrogen) atoms. The van der Waals surface area contributed by atoms with Gasteiger partial charge in [0.1, 0.15) is 11.9 Å². The maximum absolute atomic E-state index is 13.2. The monoisotopic (exact) mass is 289 g/mol. The number of aliphatic carboxylic acids is 1. The first-order valence-electron chi connectivity index (χ1n) is 6.63. The van der Waals surface area contributed by atoms with Crippen LogP contribution in [0.1, 0.15) is 23.6 Å². The molecule has 0 spiro atoms. The largest absolute Gasteiger partial charge is 0.480 e. The van der Waals surface area contributed by atoms with Crippen LogP contribution < -0.4 is 5.56 Å². The molecular formula is C16H16FNO3. The Labute approximate surface area is 121 Å². The van der Waals surface area contributed by atoms with Crippen LogP contribution in [0.25, 0.3) is 0 Å². The van der Waals surface area contributed by atoms with Gasteiger partial charge in [-0.15, -0.1) is 0 Å². The Morgan fingerprint density at radius 3 is 2.52 bits per heavy atom. The Kier molecular flexibility index (Phi) is 4.52. The molecule has 2 rings (SSSR count). The van der Waals surface area contributed by atoms with E-state index in [2.05, 4.69) is 0 Å². The molecule has 0 amide bonds. The Balaban J connectivity index is 2.20. The van der Waals surface area contributed by atoms with Crippen LogP contribution in [0.5, 0.6) is 0 Å². The quantitative estimate of drug-likeness (QED) is 0.920. The number of rotatable bonds is 5. The summed E-state index contributed by atoms with van der Waals surface area (Å²) in [5.74, 6) is -1.77. The summed E-state index contributed by atoms with van der Waals surface area (Å²) in [4.78, 5) is 23.1. The standard InChI is InChI=1S/C16H16FNO3/c1-11-2-4-12(5-3-11)6-8-14(16(20)21)18-10-13(17)7-9-15(18)19/h2-5,7,9-10,14H,6,8H2,1H3,(H,20,21). The first-order chi connectivity index (χ1) is 9.97. The molecular weight excluding hydrogens is 273 g/mol. The number of halogens is 1. The van der Waals surface area contributed by atoms with E-state index in [1.165, 1.54) is 0 Å². The van der Waals surface area contributed by atoms with Crippen molar-refractivity contribution in [2.45, 2.75) is 25.8 Å². The summed E-state index contributed by atoms with van der Waals surface area (Å²) in [6, 6.07) is 8.72. The van der Waals surface area contributed by atoms with Gasteiger partial charge in [0.05, 0.1) is 0 Å². The Morgan fingerprint density at radius 1 is 1.24 bits per heavy atom. The number of carbonyl (C=O) groups is 1. The normalized spacial score (nSPS) is 12.1. The summed E-state index contributed by atoms with van der Waals surface area (Å²) in [7, 11) is 0. The van der Waals surface area contributed by atoms with Crippen molar-refractivity contribution < 1.29 is 14.3 Å². The van der Waals surface area contributed by atoms with Gasteiger partial charge in [0.2, 0.25) is 0 Å². The van der Waals surface area contributed by atoms with Crippen LogP contribution in [0.15, 0.2) is 47.4 Å². The summed E-state index contributed by atoms with van der Waals surface area (Å²) in [5, 5.41) is 9.28. The van der Waals surface area contributed by atoms with Gasteiger partial charge < -0.3 is 5.11 Å². The SMILES string of the molecule is Cc1ccc(CCC(C(=O)O)n2cc(F)ccc2=O)cc1. The first-order valence-corrected chi connectivity index (χ1v) is 6.63. The molecule has 1 heterocycles. The van der Waals surface area contributed by atoms with E-state index in [1.807, 2.05) is 31.2 Å². The zero-order valence-electron chi connectivity index (χ0n) is 11.6. The molecule has 0 saturated carbocycles. The van der Waals surface area contributed by atoms with Crippen molar-refractivity contribution in [1.29, 1.82) is 0 Å². The Hall–Kier alpha value is -2.43. The highest BCUT2D eigenvalue weighted by molar-refractivity contribution is 5.71. The van der Waals surface area contributed by atoms with E-state index in [0.717, 1.165) is 34.0 Å². The third kappa shape index (κ3) is 3.78. The van der Waals surface area contributed by atoms with E-state index in [9.17, 15) is 19.1 Å². The zero-order valence-corrected chi connectivity index (χ0v) is 11.6. The number of pyridine rings is 1. The van der Waals surface area contributed by atoms with Gasteiger partial charge in [-0.2, -0.15) is 0 Å². The summed E-state index contributed by atoms with van der Waals surface area (Å²) < 4.78 is 14.2. The molecule has 1 N–H and O–H groups in total. The van der Waals surface area contributed by atoms with Gasteiger partial charge in [0, 0.05) is 12.3 Å². The van der Waals surface area contributed by atoms with E-state index in [-0.39, 0.29) is 6.42 Å². The van der Waals surface area contributed by atoms with Gasteiger partial charge >= 0.3 is 5.97 Å². The minimum atomic E-state index is -1.14. The third-order valence-corrected chi connectivity index (χ3v) is 3.35. The molecule has 1 atom stereocenters. The summed E-state index contributed by atoms with van der Waals surface area (Å²) in [6.45, 7) is 1.97. The molecule has 4 nitrogen and oxygen atoms in total. The number of carboxylic acid groups (broad SMARTS) is 1. The summed E-state index contributed by atoms with van der Waals surface area (Å²) in [5.41, 5.74) is 1.58. The topological polar surface area (TPSA) is 59.3 Å². The number of hydrogen-bond donors (Lipinski definition) is 1. The smallest absolute Gasteiger partial charge is 0.326 e. The van der Waals surface area contributed by atoms with Gasteiger partial charge in [0.25, 0.3) is 5.56 Å². The average Bonchev–Trinajstić information content (AvgIpc) is 2.44. The van der Waals surface area contributed by atoms with Crippen molar-refractivity contribution in [3.8, 4) is 0 Å². The van der Waals surface area contributed by atoms with Crippen molar-refractivity contribution in [3.05, 3.63) is 69.9 Å². The molecule has 0 saturated heterocycles. The maximum atomic E-state index is 13.2. The highest BCUT2D eigenvalue weighted by atomic mass is 19.1. The summed E-state index contributed by atoms with van der Waals surface area (Å²) in [6.07, 6.45) is 1.66. The van der Waals surface area contributed by atoms with Crippen LogP contribution in [0.3, 0.4) is 0 Å². The Morgan fingerprint density at radius 2 is 1.90 bits per heavy atom. The number of hydrogen-bond acceptors (Lipinski definition) is 2. The molecule has 0 fully saturated rings. The molecule has 0 aliphatic rings. The fraction of sp³-hybridized carbons (Fsp3) is 0.250. The van der Waals surface area contributed by atoms with Crippen molar-refractivity contribution in [1.82, 2.24) is 4.57 Å². The van der Waals surface area contributed by atoms with Gasteiger partial charge in [0.15, 0.2) is 0 Å². The molecule has 1 aromatic heterocycles. The van der Waals surface area contributed by atoms with Crippen LogP contribution in [0, 0.1) is 12.7 Å². The average molecular weight is 289 g/mol. The van der Waals surface area contributed by atoms with Gasteiger partial charge in [-0.25, -0.2) is 9.18 Å². The molecule has 0 radical (unpaired) electrons. The van der Waals surface area contributed by atoms with E-state index in [1.54, 1.807) is 0 Å². The predicted molar refractivity (Wildman–Crippen MR) is 76.8 cm³/mol. The van der Waals surface area contributed by atoms with Crippen LogP contribution >= 0.6 is 0 Å². The molecule has 5 heteroatoms. The van der Waals surface area contributed by atoms with Gasteiger partial charge in [-0.1, -0.05) is 29.8 Å². The molecule has 0 bridgehead atoms. The lowest BCUT2D eigenvalue weighted by Gasteiger charge is -2.15. The fourth-order valence-corrected chi connectivity index (χ4v) is 2.16. The van der Waals surface area contributed by atoms with E-state index in [0.29, 0.717) is 6.42 Å². The van der Waals surface area contributed by atoms with E-state index < -0.39 is 23.4 Å². The minimum absolute atomic E-state index is 0.224. The van der Waals surface area contributed by atoms with E-state index >= 15 is 0 Å². The minimum Gasteiger partial charge on any atom is -0.480 e. The molecule has 1 unspecified atom stereocenters. The molecule has 2 aromatic rings. The van der Waals surface area contributed by atoms with Gasteiger partial charge in [-0.05, 0) is 31.4 Å². The molecule has 110 valence electrons. The van der Waals surface area contributed by atoms with Crippen molar-refractivity contribution in [2.75, 3.05) is 0 Å². The lowest BCUT2D eigenvalue weighted by atomic mass is 10.0. The number of nitrogens with zero attached hydrogens (tertiary/aromatic N) is 1. The van der Waals surface area contributed by atoms with Crippen molar-refractivity contribution in [2.24, 2.45) is 0 Å². The number of benzene rings is 1. The van der Waals surface area contributed by atoms with Crippen molar-refractivity contribution >= 4 is 5.97 Å². The predicted octanol–water partition coefficient (Wildman–Crippen LogP) is 2.55. The van der Waals surface area contributed by atoms with Gasteiger partial charge in [-0.3, -0.25) is 9.36 Å². The molecule has 0 aliphatic carbocycles. The highest BCUT2D eigenvalue weighted by Gasteiger charge is 2.20. The second kappa shape index (κ2) is 6.35. The molecule has 1 aromatic carbocycles. The zero-order chi connectivity index (χ0) is 15.4. The molecule has 0 aliphatic heterocycles. The Bertz CT molecular complexity index is 691. The van der Waals surface area contributed by atoms with E-state index in [4.69, 9.17) is 0 Å². The second-order valence-electron chi connectivity index (χ2n) is 4.97. The van der Waals surface area contributed by atoms with Crippen molar-refractivity contribution in [3.63, 3.8) is 0 Å². The number of carboxylic acids is 1. The third-order valence-electron chi connectivity index (χ3n) is 3.35. The van der Waals surface area contributed by atoms with Crippen LogP contribution in [-0.4, -0.2) is 15.6 Å². The number of aryl methyl sites for hydroxylation is 2. The number of aromatic nitrogens is 1. The van der Waals surface area contributed by atoms with Crippen LogP contribution in [0.4, 0.5) is 4.39 Å². The van der Waals surface area contributed by atoms with Crippen LogP contribution in [-0.2, 0) is 11.2 Å². The summed E-state index contributed by atoms with van der Waals surface area (Å²) >= 11 is 0. The lowest BCUT2D eigenvalue weighted by molar-refractivity contribution is -0.141. The first kappa shape index (κ1) is 15.0. The lowest BCUT2D eigenvalue weighted by Crippen LogP contribution is -2.29. The highest BCUT2D eigenvalue weighted by Crippen LogP contribution is 2.15. The van der Waals surface area contributed by atoms with Crippen LogP contribution in [0.2, 0.25) is 0 Å². The fourth-order valence-electron chi connectivity index (χ4n) is 2.16. The maximum Gasteiger partial charge on any atom is 0.326 e.